The third-order valence-corrected chi connectivity index (χ3v) is 5.05. The van der Waals surface area contributed by atoms with Crippen LogP contribution in [0.2, 0.25) is 5.15 Å². The zero-order valence-electron chi connectivity index (χ0n) is 14.0. The largest absolute Gasteiger partial charge is 0.444 e. The second-order valence-electron chi connectivity index (χ2n) is 6.94. The van der Waals surface area contributed by atoms with Crippen LogP contribution < -0.4 is 0 Å². The molecule has 0 aliphatic carbocycles. The van der Waals surface area contributed by atoms with Gasteiger partial charge in [0.25, 0.3) is 0 Å². The monoisotopic (exact) mass is 356 g/mol. The van der Waals surface area contributed by atoms with Crippen LogP contribution in [-0.2, 0) is 10.5 Å². The number of pyridine rings is 1. The number of amides is 1. The molecule has 0 bridgehead atoms. The minimum atomic E-state index is -0.430. The number of carbonyl (C=O) groups is 1. The van der Waals surface area contributed by atoms with Gasteiger partial charge in [-0.25, -0.2) is 9.78 Å². The highest BCUT2D eigenvalue weighted by Crippen LogP contribution is 2.24. The number of halogens is 1. The molecule has 0 spiro atoms. The van der Waals surface area contributed by atoms with Crippen molar-refractivity contribution < 1.29 is 9.53 Å². The first-order valence-electron chi connectivity index (χ1n) is 7.99. The Bertz CT molecular complexity index is 516. The summed E-state index contributed by atoms with van der Waals surface area (Å²) < 4.78 is 5.47. The van der Waals surface area contributed by atoms with E-state index in [-0.39, 0.29) is 6.09 Å². The lowest BCUT2D eigenvalue weighted by molar-refractivity contribution is 0.0177. The van der Waals surface area contributed by atoms with E-state index < -0.39 is 5.60 Å². The molecule has 1 fully saturated rings. The highest BCUT2D eigenvalue weighted by Gasteiger charge is 2.27. The van der Waals surface area contributed by atoms with E-state index in [4.69, 9.17) is 16.3 Å². The van der Waals surface area contributed by atoms with Gasteiger partial charge in [0.2, 0.25) is 0 Å². The van der Waals surface area contributed by atoms with Crippen molar-refractivity contribution >= 4 is 29.5 Å². The van der Waals surface area contributed by atoms with Gasteiger partial charge in [0.05, 0.1) is 0 Å². The molecule has 1 aromatic rings. The zero-order valence-corrected chi connectivity index (χ0v) is 15.6. The maximum Gasteiger partial charge on any atom is 0.410 e. The predicted octanol–water partition coefficient (Wildman–Crippen LogP) is 4.62. The molecule has 0 unspecified atom stereocenters. The van der Waals surface area contributed by atoms with Crippen molar-refractivity contribution in [1.82, 2.24) is 9.88 Å². The molecule has 1 aliphatic heterocycles. The van der Waals surface area contributed by atoms with Gasteiger partial charge in [-0.15, -0.1) is 0 Å². The topological polar surface area (TPSA) is 42.4 Å². The van der Waals surface area contributed by atoms with Crippen molar-refractivity contribution in [3.05, 3.63) is 29.0 Å². The van der Waals surface area contributed by atoms with Gasteiger partial charge in [0.15, 0.2) is 0 Å². The Kier molecular flexibility index (Phi) is 6.60. The normalized spacial score (nSPS) is 18.8. The number of hydrogen-bond donors (Lipinski definition) is 0. The molecule has 0 saturated carbocycles. The molecule has 128 valence electrons. The van der Waals surface area contributed by atoms with Gasteiger partial charge in [-0.3, -0.25) is 0 Å². The van der Waals surface area contributed by atoms with Crippen LogP contribution >= 0.6 is 23.4 Å². The minimum absolute atomic E-state index is 0.186. The van der Waals surface area contributed by atoms with Gasteiger partial charge in [0.1, 0.15) is 10.8 Å². The van der Waals surface area contributed by atoms with Crippen molar-refractivity contribution in [1.29, 1.82) is 0 Å². The fourth-order valence-corrected chi connectivity index (χ4v) is 3.77. The molecule has 1 aromatic heterocycles. The van der Waals surface area contributed by atoms with E-state index in [1.54, 1.807) is 0 Å². The second-order valence-corrected chi connectivity index (χ2v) is 8.36. The van der Waals surface area contributed by atoms with E-state index in [9.17, 15) is 4.79 Å². The van der Waals surface area contributed by atoms with Crippen molar-refractivity contribution in [2.45, 2.75) is 45.0 Å². The number of nitrogens with zero attached hydrogens (tertiary/aromatic N) is 2. The van der Waals surface area contributed by atoms with Gasteiger partial charge in [0, 0.05) is 25.0 Å². The second kappa shape index (κ2) is 8.25. The van der Waals surface area contributed by atoms with Gasteiger partial charge in [-0.2, -0.15) is 11.8 Å². The first kappa shape index (κ1) is 18.4. The van der Waals surface area contributed by atoms with Crippen LogP contribution in [0.1, 0.15) is 39.2 Å². The van der Waals surface area contributed by atoms with Crippen LogP contribution in [-0.4, -0.2) is 40.4 Å². The smallest absolute Gasteiger partial charge is 0.410 e. The molecule has 6 heteroatoms. The fraction of sp³-hybridized carbons (Fsp3) is 0.647. The number of carbonyl (C=O) groups excluding carboxylic acids is 1. The van der Waals surface area contributed by atoms with Crippen LogP contribution in [0.5, 0.6) is 0 Å². The Labute approximate surface area is 147 Å². The molecule has 2 heterocycles. The summed E-state index contributed by atoms with van der Waals surface area (Å²) in [7, 11) is 0. The SMILES string of the molecule is CC(C)(C)OC(=O)N1CCC[C@@H](CSCc2ccc(Cl)nc2)C1. The standard InChI is InChI=1S/C17H25ClN2O2S/c1-17(2,3)22-16(21)20-8-4-5-14(10-20)12-23-11-13-6-7-15(18)19-9-13/h6-7,9,14H,4-5,8,10-12H2,1-3H3/t14-/m1/s1. The fourth-order valence-electron chi connectivity index (χ4n) is 2.53. The number of thioether (sulfide) groups is 1. The number of aromatic nitrogens is 1. The summed E-state index contributed by atoms with van der Waals surface area (Å²) in [6.07, 6.45) is 3.86. The van der Waals surface area contributed by atoms with Gasteiger partial charge in [-0.1, -0.05) is 17.7 Å². The Balaban J connectivity index is 1.75. The van der Waals surface area contributed by atoms with Crippen molar-refractivity contribution in [2.24, 2.45) is 5.92 Å². The molecule has 0 N–H and O–H groups in total. The molecule has 1 saturated heterocycles. The summed E-state index contributed by atoms with van der Waals surface area (Å²) in [5.74, 6) is 2.50. The number of hydrogen-bond acceptors (Lipinski definition) is 4. The summed E-state index contributed by atoms with van der Waals surface area (Å²) in [6.45, 7) is 7.31. The van der Waals surface area contributed by atoms with E-state index in [1.807, 2.05) is 55.8 Å². The number of likely N-dealkylation sites (tertiary alicyclic amines) is 1. The van der Waals surface area contributed by atoms with E-state index in [2.05, 4.69) is 4.98 Å². The van der Waals surface area contributed by atoms with Crippen LogP contribution in [0, 0.1) is 5.92 Å². The van der Waals surface area contributed by atoms with E-state index in [1.165, 1.54) is 12.0 Å². The van der Waals surface area contributed by atoms with Gasteiger partial charge < -0.3 is 9.64 Å². The maximum absolute atomic E-state index is 12.2. The third kappa shape index (κ3) is 6.60. The summed E-state index contributed by atoms with van der Waals surface area (Å²) >= 11 is 7.68. The Morgan fingerprint density at radius 3 is 2.91 bits per heavy atom. The highest BCUT2D eigenvalue weighted by molar-refractivity contribution is 7.98. The quantitative estimate of drug-likeness (QED) is 0.738. The lowest BCUT2D eigenvalue weighted by Gasteiger charge is -2.34. The Morgan fingerprint density at radius 2 is 2.26 bits per heavy atom. The minimum Gasteiger partial charge on any atom is -0.444 e. The number of piperidine rings is 1. The average Bonchev–Trinajstić information content (AvgIpc) is 2.48. The molecule has 1 aliphatic rings. The number of ether oxygens (including phenoxy) is 1. The van der Waals surface area contributed by atoms with Crippen LogP contribution in [0.15, 0.2) is 18.3 Å². The average molecular weight is 357 g/mol. The molecule has 1 amide bonds. The van der Waals surface area contributed by atoms with Crippen LogP contribution in [0.3, 0.4) is 0 Å². The first-order chi connectivity index (χ1) is 10.8. The Hall–Kier alpha value is -0.940. The predicted molar refractivity (Wildman–Crippen MR) is 95.9 cm³/mol. The van der Waals surface area contributed by atoms with Crippen molar-refractivity contribution in [3.8, 4) is 0 Å². The van der Waals surface area contributed by atoms with Crippen molar-refractivity contribution in [3.63, 3.8) is 0 Å². The first-order valence-corrected chi connectivity index (χ1v) is 9.53. The molecule has 4 nitrogen and oxygen atoms in total. The Morgan fingerprint density at radius 1 is 1.48 bits per heavy atom. The molecular weight excluding hydrogens is 332 g/mol. The maximum atomic E-state index is 12.2. The highest BCUT2D eigenvalue weighted by atomic mass is 35.5. The summed E-state index contributed by atoms with van der Waals surface area (Å²) in [5.41, 5.74) is 0.750. The van der Waals surface area contributed by atoms with Crippen LogP contribution in [0.4, 0.5) is 4.79 Å². The molecule has 2 rings (SSSR count). The molecule has 0 radical (unpaired) electrons. The van der Waals surface area contributed by atoms with Crippen molar-refractivity contribution in [2.75, 3.05) is 18.8 Å². The molecule has 0 aromatic carbocycles. The molecule has 23 heavy (non-hydrogen) atoms. The molecular formula is C17H25ClN2O2S. The summed E-state index contributed by atoms with van der Waals surface area (Å²) in [6, 6.07) is 3.83. The van der Waals surface area contributed by atoms with Crippen LogP contribution in [0.25, 0.3) is 0 Å². The summed E-state index contributed by atoms with van der Waals surface area (Å²) in [5, 5.41) is 0.527. The van der Waals surface area contributed by atoms with Gasteiger partial charge >= 0.3 is 6.09 Å². The van der Waals surface area contributed by atoms with E-state index in [0.29, 0.717) is 11.1 Å². The van der Waals surface area contributed by atoms with E-state index >= 15 is 0 Å². The van der Waals surface area contributed by atoms with Gasteiger partial charge in [-0.05, 0) is 56.9 Å². The number of rotatable bonds is 4. The lowest BCUT2D eigenvalue weighted by atomic mass is 10.0. The summed E-state index contributed by atoms with van der Waals surface area (Å²) in [4.78, 5) is 18.1. The molecule has 1 atom stereocenters. The lowest BCUT2D eigenvalue weighted by Crippen LogP contribution is -2.43. The van der Waals surface area contributed by atoms with E-state index in [0.717, 1.165) is 31.0 Å². The third-order valence-electron chi connectivity index (χ3n) is 3.58. The zero-order chi connectivity index (χ0) is 16.9.